The van der Waals surface area contributed by atoms with Crippen molar-refractivity contribution in [2.75, 3.05) is 11.9 Å². The van der Waals surface area contributed by atoms with Crippen LogP contribution in [0.4, 0.5) is 18.9 Å². The molecule has 0 unspecified atom stereocenters. The van der Waals surface area contributed by atoms with Crippen molar-refractivity contribution < 1.29 is 27.4 Å². The monoisotopic (exact) mass is 455 g/mol. The quantitative estimate of drug-likeness (QED) is 0.467. The summed E-state index contributed by atoms with van der Waals surface area (Å²) in [6, 6.07) is 7.68. The number of ether oxygens (including phenoxy) is 2. The molecule has 3 rings (SSSR count). The highest BCUT2D eigenvalue weighted by Crippen LogP contribution is 2.39. The fraction of sp³-hybridized carbons (Fsp3) is 0.250. The third-order valence-electron chi connectivity index (χ3n) is 4.21. The molecule has 1 aliphatic rings. The number of esters is 1. The summed E-state index contributed by atoms with van der Waals surface area (Å²) in [4.78, 5) is 11.2. The molecule has 4 nitrogen and oxygen atoms in total. The number of hydrogen-bond donors (Lipinski definition) is 1. The first-order valence-electron chi connectivity index (χ1n) is 8.43. The predicted molar refractivity (Wildman–Crippen MR) is 104 cm³/mol. The van der Waals surface area contributed by atoms with Crippen LogP contribution in [-0.4, -0.2) is 18.9 Å². The topological polar surface area (TPSA) is 47.6 Å². The molecule has 2 aromatic rings. The Bertz CT molecular complexity index is 908. The van der Waals surface area contributed by atoms with E-state index in [4.69, 9.17) is 4.74 Å². The van der Waals surface area contributed by atoms with Crippen molar-refractivity contribution in [3.63, 3.8) is 0 Å². The molecule has 148 valence electrons. The Kier molecular flexibility index (Phi) is 5.98. The number of benzene rings is 2. The van der Waals surface area contributed by atoms with Crippen LogP contribution in [0.5, 0.6) is 5.75 Å². The van der Waals surface area contributed by atoms with Gasteiger partial charge in [0.1, 0.15) is 12.4 Å². The molecule has 0 atom stereocenters. The molecule has 8 heteroatoms. The minimum absolute atomic E-state index is 0.142. The normalized spacial score (nSPS) is 12.9. The summed E-state index contributed by atoms with van der Waals surface area (Å²) in [6.45, 7) is 2.12. The van der Waals surface area contributed by atoms with E-state index in [0.29, 0.717) is 11.9 Å². The van der Waals surface area contributed by atoms with E-state index < -0.39 is 6.36 Å². The Morgan fingerprint density at radius 1 is 1.25 bits per heavy atom. The van der Waals surface area contributed by atoms with Gasteiger partial charge in [0.25, 0.3) is 0 Å². The second kappa shape index (κ2) is 8.26. The van der Waals surface area contributed by atoms with Crippen LogP contribution in [0.25, 0.3) is 17.2 Å². The van der Waals surface area contributed by atoms with E-state index in [2.05, 4.69) is 26.0 Å². The van der Waals surface area contributed by atoms with Gasteiger partial charge in [-0.2, -0.15) is 0 Å². The van der Waals surface area contributed by atoms with Crippen molar-refractivity contribution in [1.29, 1.82) is 0 Å². The van der Waals surface area contributed by atoms with Crippen molar-refractivity contribution in [1.82, 2.24) is 0 Å². The second-order valence-corrected chi connectivity index (χ2v) is 6.68. The largest absolute Gasteiger partial charge is 0.573 e. The Morgan fingerprint density at radius 3 is 2.57 bits per heavy atom. The van der Waals surface area contributed by atoms with Crippen molar-refractivity contribution in [3.05, 3.63) is 53.1 Å². The van der Waals surface area contributed by atoms with Gasteiger partial charge in [-0.15, -0.1) is 13.2 Å². The smallest absolute Gasteiger partial charge is 0.461 e. The minimum Gasteiger partial charge on any atom is -0.461 e. The number of anilines is 1. The van der Waals surface area contributed by atoms with Crippen molar-refractivity contribution in [3.8, 4) is 16.9 Å². The van der Waals surface area contributed by atoms with Crippen LogP contribution >= 0.6 is 15.9 Å². The van der Waals surface area contributed by atoms with Crippen molar-refractivity contribution >= 4 is 33.7 Å². The molecule has 0 aliphatic carbocycles. The molecule has 1 aliphatic heterocycles. The molecular weight excluding hydrogens is 439 g/mol. The van der Waals surface area contributed by atoms with Crippen molar-refractivity contribution in [2.24, 2.45) is 0 Å². The highest BCUT2D eigenvalue weighted by molar-refractivity contribution is 9.08. The first kappa shape index (κ1) is 20.3. The Morgan fingerprint density at radius 2 is 1.96 bits per heavy atom. The maximum absolute atomic E-state index is 12.4. The number of carbonyl (C=O) groups excluding carboxylic acids is 1. The lowest BCUT2D eigenvalue weighted by atomic mass is 9.91. The summed E-state index contributed by atoms with van der Waals surface area (Å²) in [5.74, 6) is -0.642. The Labute approximate surface area is 168 Å². The lowest BCUT2D eigenvalue weighted by Gasteiger charge is -2.23. The number of rotatable bonds is 5. The highest BCUT2D eigenvalue weighted by Gasteiger charge is 2.31. The molecule has 2 aromatic carbocycles. The Hall–Kier alpha value is -2.48. The maximum Gasteiger partial charge on any atom is 0.573 e. The van der Waals surface area contributed by atoms with Crippen molar-refractivity contribution in [2.45, 2.75) is 25.2 Å². The van der Waals surface area contributed by atoms with Gasteiger partial charge in [0.15, 0.2) is 0 Å². The molecule has 0 aromatic heterocycles. The number of carbonyl (C=O) groups is 1. The van der Waals surface area contributed by atoms with E-state index in [0.717, 1.165) is 33.5 Å². The Balaban J connectivity index is 2.04. The summed E-state index contributed by atoms with van der Waals surface area (Å²) in [5.41, 5.74) is 5.15. The summed E-state index contributed by atoms with van der Waals surface area (Å²) in [6.07, 6.45) is -0.808. The lowest BCUT2D eigenvalue weighted by molar-refractivity contribution is -0.274. The van der Waals surface area contributed by atoms with Crippen LogP contribution in [0.15, 0.2) is 36.4 Å². The van der Waals surface area contributed by atoms with Crippen LogP contribution in [0.3, 0.4) is 0 Å². The highest BCUT2D eigenvalue weighted by atomic mass is 79.9. The van der Waals surface area contributed by atoms with Gasteiger partial charge in [-0.25, -0.2) is 0 Å². The zero-order valence-corrected chi connectivity index (χ0v) is 16.5. The number of hydrogen-bond acceptors (Lipinski definition) is 4. The number of halogens is 4. The fourth-order valence-electron chi connectivity index (χ4n) is 3.04. The van der Waals surface area contributed by atoms with E-state index in [9.17, 15) is 18.0 Å². The predicted octanol–water partition coefficient (Wildman–Crippen LogP) is 5.65. The lowest BCUT2D eigenvalue weighted by Crippen LogP contribution is -2.17. The van der Waals surface area contributed by atoms with E-state index in [1.807, 2.05) is 18.2 Å². The molecule has 0 radical (unpaired) electrons. The standard InChI is InChI=1S/C20H17BrF3NO3/c1-12(26)27-11-18-14(10-21)9-17(19-16(18)3-2-8-25-19)13-4-6-15(7-5-13)28-20(22,23)24/h2-7,9,25H,8,10-11H2,1H3. The molecule has 0 saturated heterocycles. The molecule has 1 heterocycles. The molecule has 0 spiro atoms. The van der Waals surface area contributed by atoms with Gasteiger partial charge in [0.2, 0.25) is 0 Å². The van der Waals surface area contributed by atoms with Gasteiger partial charge in [-0.05, 0) is 29.3 Å². The number of alkyl halides is 4. The van der Waals surface area contributed by atoms with Crippen LogP contribution in [0, 0.1) is 0 Å². The molecule has 1 N–H and O–H groups in total. The SMILES string of the molecule is CC(=O)OCc1c(CBr)cc(-c2ccc(OC(F)(F)F)cc2)c2c1C=CCN2. The molecule has 0 fully saturated rings. The third kappa shape index (κ3) is 4.67. The van der Waals surface area contributed by atoms with Gasteiger partial charge >= 0.3 is 12.3 Å². The van der Waals surface area contributed by atoms with Gasteiger partial charge in [0.05, 0.1) is 0 Å². The van der Waals surface area contributed by atoms with E-state index in [1.54, 1.807) is 12.1 Å². The second-order valence-electron chi connectivity index (χ2n) is 6.12. The van der Waals surface area contributed by atoms with Crippen LogP contribution in [0.2, 0.25) is 0 Å². The average molecular weight is 456 g/mol. The molecule has 0 amide bonds. The number of fused-ring (bicyclic) bond motifs is 1. The molecular formula is C20H17BrF3NO3. The molecule has 0 saturated carbocycles. The van der Waals surface area contributed by atoms with Crippen LogP contribution in [0.1, 0.15) is 23.6 Å². The number of nitrogens with one attached hydrogen (secondary N) is 1. The third-order valence-corrected chi connectivity index (χ3v) is 4.82. The van der Waals surface area contributed by atoms with E-state index in [1.165, 1.54) is 19.1 Å². The molecule has 28 heavy (non-hydrogen) atoms. The first-order chi connectivity index (χ1) is 13.3. The van der Waals surface area contributed by atoms with E-state index in [-0.39, 0.29) is 18.3 Å². The summed E-state index contributed by atoms with van der Waals surface area (Å²) >= 11 is 3.46. The summed E-state index contributed by atoms with van der Waals surface area (Å²) < 4.78 is 46.3. The van der Waals surface area contributed by atoms with Gasteiger partial charge < -0.3 is 14.8 Å². The average Bonchev–Trinajstić information content (AvgIpc) is 2.65. The van der Waals surface area contributed by atoms with E-state index >= 15 is 0 Å². The van der Waals surface area contributed by atoms with Gasteiger partial charge in [-0.1, -0.05) is 40.2 Å². The maximum atomic E-state index is 12.4. The van der Waals surface area contributed by atoms with Crippen LogP contribution in [-0.2, 0) is 21.5 Å². The summed E-state index contributed by atoms with van der Waals surface area (Å²) in [7, 11) is 0. The zero-order valence-electron chi connectivity index (χ0n) is 14.9. The van der Waals surface area contributed by atoms with Gasteiger partial charge in [-0.3, -0.25) is 4.79 Å². The fourth-order valence-corrected chi connectivity index (χ4v) is 3.54. The minimum atomic E-state index is -4.73. The first-order valence-corrected chi connectivity index (χ1v) is 9.55. The zero-order chi connectivity index (χ0) is 20.3. The summed E-state index contributed by atoms with van der Waals surface area (Å²) in [5, 5.41) is 3.84. The molecule has 0 bridgehead atoms. The van der Waals surface area contributed by atoms with Gasteiger partial charge in [0, 0.05) is 41.2 Å². The van der Waals surface area contributed by atoms with Crippen LogP contribution < -0.4 is 10.1 Å².